The van der Waals surface area contributed by atoms with Gasteiger partial charge in [0.1, 0.15) is 5.60 Å². The second kappa shape index (κ2) is 5.81. The van der Waals surface area contributed by atoms with E-state index < -0.39 is 17.2 Å². The average Bonchev–Trinajstić information content (AvgIpc) is 2.32. The topological polar surface area (TPSA) is 71.0 Å². The zero-order chi connectivity index (χ0) is 15.6. The highest BCUT2D eigenvalue weighted by atomic mass is 16.6. The molecule has 1 rings (SSSR count). The lowest BCUT2D eigenvalue weighted by Gasteiger charge is -2.36. The number of nitrogens with one attached hydrogen (secondary N) is 1. The van der Waals surface area contributed by atoms with Crippen LogP contribution in [0.3, 0.4) is 0 Å². The van der Waals surface area contributed by atoms with Crippen LogP contribution in [-0.4, -0.2) is 41.0 Å². The summed E-state index contributed by atoms with van der Waals surface area (Å²) in [5.74, 6) is 0.217. The summed E-state index contributed by atoms with van der Waals surface area (Å²) in [7, 11) is 1.60. The largest absolute Gasteiger partial charge is 0.444 e. The summed E-state index contributed by atoms with van der Waals surface area (Å²) in [6.07, 6.45) is 1.28. The van der Waals surface area contributed by atoms with Crippen molar-refractivity contribution in [3.8, 4) is 0 Å². The molecule has 0 spiro atoms. The summed E-state index contributed by atoms with van der Waals surface area (Å²) in [4.78, 5) is 29.8. The number of carbonyl (C=O) groups excluding carboxylic acids is 2. The molecule has 1 N–H and O–H groups in total. The van der Waals surface area contributed by atoms with Gasteiger partial charge >= 0.3 is 6.09 Å². The van der Waals surface area contributed by atoms with Crippen molar-refractivity contribution in [3.05, 3.63) is 0 Å². The van der Waals surface area contributed by atoms with E-state index in [9.17, 15) is 9.59 Å². The molecule has 0 saturated carbocycles. The third-order valence-electron chi connectivity index (χ3n) is 3.44. The van der Waals surface area contributed by atoms with E-state index in [-0.39, 0.29) is 11.9 Å². The van der Waals surface area contributed by atoms with Crippen LogP contribution < -0.4 is 5.32 Å². The predicted octanol–water partition coefficient (Wildman–Crippen LogP) is 2.29. The van der Waals surface area contributed by atoms with E-state index in [4.69, 9.17) is 4.74 Å². The molecule has 0 saturated heterocycles. The number of alkyl carbamates (subject to hydrolysis) is 1. The lowest BCUT2D eigenvalue weighted by atomic mass is 9.88. The fourth-order valence-corrected chi connectivity index (χ4v) is 2.02. The van der Waals surface area contributed by atoms with Gasteiger partial charge in [0.25, 0.3) is 0 Å². The molecule has 6 heteroatoms. The smallest absolute Gasteiger partial charge is 0.414 e. The van der Waals surface area contributed by atoms with E-state index in [1.165, 1.54) is 4.90 Å². The van der Waals surface area contributed by atoms with Gasteiger partial charge in [-0.25, -0.2) is 9.79 Å². The molecular formula is C14H25N3O3. The van der Waals surface area contributed by atoms with Crippen molar-refractivity contribution in [2.45, 2.75) is 65.0 Å². The zero-order valence-electron chi connectivity index (χ0n) is 13.2. The Hall–Kier alpha value is -1.59. The first-order chi connectivity index (χ1) is 9.12. The number of rotatable bonds is 2. The second-order valence-corrected chi connectivity index (χ2v) is 6.12. The van der Waals surface area contributed by atoms with E-state index in [0.29, 0.717) is 6.42 Å². The third kappa shape index (κ3) is 3.95. The number of guanidine groups is 1. The summed E-state index contributed by atoms with van der Waals surface area (Å²) < 4.78 is 5.19. The standard InChI is InChI=1S/C14H25N3O3/c1-7-14(8-2)9-10(18)17(6)11(16-14)15-12(19)20-13(3,4)5/h7-9H2,1-6H3,(H,15,16,19). The van der Waals surface area contributed by atoms with Crippen LogP contribution >= 0.6 is 0 Å². The van der Waals surface area contributed by atoms with Crippen LogP contribution in [-0.2, 0) is 9.53 Å². The van der Waals surface area contributed by atoms with Crippen molar-refractivity contribution in [2.75, 3.05) is 7.05 Å². The molecule has 0 aliphatic carbocycles. The fraction of sp³-hybridized carbons (Fsp3) is 0.786. The zero-order valence-corrected chi connectivity index (χ0v) is 13.2. The molecule has 1 heterocycles. The maximum Gasteiger partial charge on any atom is 0.414 e. The van der Waals surface area contributed by atoms with Crippen LogP contribution in [0.25, 0.3) is 0 Å². The minimum absolute atomic E-state index is 0.0465. The summed E-state index contributed by atoms with van der Waals surface area (Å²) in [6, 6.07) is 0. The van der Waals surface area contributed by atoms with Crippen LogP contribution in [0, 0.1) is 0 Å². The first kappa shape index (κ1) is 16.5. The fourth-order valence-electron chi connectivity index (χ4n) is 2.02. The monoisotopic (exact) mass is 283 g/mol. The molecule has 0 aromatic heterocycles. The molecule has 0 radical (unpaired) electrons. The molecule has 1 aliphatic heterocycles. The van der Waals surface area contributed by atoms with Crippen molar-refractivity contribution in [1.29, 1.82) is 0 Å². The van der Waals surface area contributed by atoms with Gasteiger partial charge in [-0.05, 0) is 33.6 Å². The number of amides is 2. The molecule has 6 nitrogen and oxygen atoms in total. The molecule has 1 aliphatic rings. The first-order valence-electron chi connectivity index (χ1n) is 6.99. The van der Waals surface area contributed by atoms with Gasteiger partial charge in [0, 0.05) is 7.05 Å². The van der Waals surface area contributed by atoms with Gasteiger partial charge < -0.3 is 4.74 Å². The highest BCUT2D eigenvalue weighted by Crippen LogP contribution is 2.29. The maximum absolute atomic E-state index is 12.1. The highest BCUT2D eigenvalue weighted by molar-refractivity contribution is 6.04. The minimum atomic E-state index is -0.598. The van der Waals surface area contributed by atoms with Gasteiger partial charge in [0.15, 0.2) is 0 Å². The number of ether oxygens (including phenoxy) is 1. The molecule has 0 atom stereocenters. The van der Waals surface area contributed by atoms with Gasteiger partial charge in [-0.1, -0.05) is 13.8 Å². The molecule has 0 aromatic rings. The van der Waals surface area contributed by atoms with Crippen molar-refractivity contribution in [1.82, 2.24) is 10.2 Å². The molecule has 0 unspecified atom stereocenters. The van der Waals surface area contributed by atoms with Crippen molar-refractivity contribution in [3.63, 3.8) is 0 Å². The second-order valence-electron chi connectivity index (χ2n) is 6.12. The van der Waals surface area contributed by atoms with Gasteiger partial charge in [-0.3, -0.25) is 15.0 Å². The van der Waals surface area contributed by atoms with E-state index in [2.05, 4.69) is 10.3 Å². The van der Waals surface area contributed by atoms with Gasteiger partial charge in [0.2, 0.25) is 11.9 Å². The van der Waals surface area contributed by atoms with Crippen molar-refractivity contribution >= 4 is 18.0 Å². The van der Waals surface area contributed by atoms with Crippen LogP contribution in [0.15, 0.2) is 4.99 Å². The highest BCUT2D eigenvalue weighted by Gasteiger charge is 2.37. The Bertz CT molecular complexity index is 420. The Morgan fingerprint density at radius 3 is 2.40 bits per heavy atom. The molecule has 0 aromatic carbocycles. The molecule has 0 fully saturated rings. The maximum atomic E-state index is 12.1. The van der Waals surface area contributed by atoms with E-state index in [1.807, 2.05) is 13.8 Å². The Labute approximate surface area is 120 Å². The predicted molar refractivity (Wildman–Crippen MR) is 77.5 cm³/mol. The Balaban J connectivity index is 2.92. The number of aliphatic imine (C=N–C) groups is 1. The quantitative estimate of drug-likeness (QED) is 0.845. The van der Waals surface area contributed by atoms with E-state index >= 15 is 0 Å². The summed E-state index contributed by atoms with van der Waals surface area (Å²) in [5.41, 5.74) is -1.01. The Kier molecular flexibility index (Phi) is 4.78. The molecular weight excluding hydrogens is 258 g/mol. The van der Waals surface area contributed by atoms with Crippen molar-refractivity contribution < 1.29 is 14.3 Å². The Morgan fingerprint density at radius 2 is 1.95 bits per heavy atom. The van der Waals surface area contributed by atoms with E-state index in [1.54, 1.807) is 27.8 Å². The van der Waals surface area contributed by atoms with Crippen LogP contribution in [0.4, 0.5) is 4.79 Å². The average molecular weight is 283 g/mol. The van der Waals surface area contributed by atoms with Gasteiger partial charge in [-0.2, -0.15) is 0 Å². The van der Waals surface area contributed by atoms with E-state index in [0.717, 1.165) is 12.8 Å². The summed E-state index contributed by atoms with van der Waals surface area (Å²) in [5, 5.41) is 2.57. The molecule has 2 amide bonds. The van der Waals surface area contributed by atoms with Gasteiger partial charge in [-0.15, -0.1) is 0 Å². The van der Waals surface area contributed by atoms with Crippen LogP contribution in [0.2, 0.25) is 0 Å². The van der Waals surface area contributed by atoms with Crippen molar-refractivity contribution in [2.24, 2.45) is 4.99 Å². The molecule has 20 heavy (non-hydrogen) atoms. The van der Waals surface area contributed by atoms with Crippen LogP contribution in [0.5, 0.6) is 0 Å². The van der Waals surface area contributed by atoms with Gasteiger partial charge in [0.05, 0.1) is 12.0 Å². The Morgan fingerprint density at radius 1 is 1.40 bits per heavy atom. The summed E-state index contributed by atoms with van der Waals surface area (Å²) >= 11 is 0. The number of hydrogen-bond acceptors (Lipinski definition) is 4. The SMILES string of the molecule is CCC1(CC)CC(=O)N(C)C(NC(=O)OC(C)(C)C)=N1. The number of hydrogen-bond donors (Lipinski definition) is 1. The normalized spacial score (nSPS) is 18.6. The minimum Gasteiger partial charge on any atom is -0.444 e. The van der Waals surface area contributed by atoms with Crippen LogP contribution in [0.1, 0.15) is 53.9 Å². The number of nitrogens with zero attached hydrogens (tertiary/aromatic N) is 2. The summed E-state index contributed by atoms with van der Waals surface area (Å²) in [6.45, 7) is 9.35. The third-order valence-corrected chi connectivity index (χ3v) is 3.44. The number of carbonyl (C=O) groups is 2. The molecule has 0 bridgehead atoms. The lowest BCUT2D eigenvalue weighted by molar-refractivity contribution is -0.128. The lowest BCUT2D eigenvalue weighted by Crippen LogP contribution is -2.53. The first-order valence-corrected chi connectivity index (χ1v) is 6.99. The molecule has 114 valence electrons.